The van der Waals surface area contributed by atoms with Crippen LogP contribution in [0.4, 0.5) is 0 Å². The Hall–Kier alpha value is -0.920. The van der Waals surface area contributed by atoms with Gasteiger partial charge in [-0.3, -0.25) is 0 Å². The molecule has 0 saturated carbocycles. The van der Waals surface area contributed by atoms with Crippen molar-refractivity contribution >= 4 is 11.9 Å². The summed E-state index contributed by atoms with van der Waals surface area (Å²) in [5, 5.41) is 0. The van der Waals surface area contributed by atoms with Crippen LogP contribution in [0.5, 0.6) is 0 Å². The first-order valence-corrected chi connectivity index (χ1v) is 2.12. The van der Waals surface area contributed by atoms with Gasteiger partial charge in [-0.1, -0.05) is 0 Å². The molecule has 1 aliphatic rings. The van der Waals surface area contributed by atoms with E-state index in [-0.39, 0.29) is 0 Å². The van der Waals surface area contributed by atoms with Crippen LogP contribution in [0.2, 0.25) is 0 Å². The molecule has 0 fully saturated rings. The first-order valence-electron chi connectivity index (χ1n) is 2.12. The Balaban J connectivity index is 2.82. The van der Waals surface area contributed by atoms with Crippen molar-refractivity contribution in [3.63, 3.8) is 0 Å². The molecule has 0 unspecified atom stereocenters. The molecule has 0 atom stereocenters. The van der Waals surface area contributed by atoms with E-state index in [0.717, 1.165) is 5.71 Å². The SMILES string of the molecule is CC1=NC=C[N+]=C1. The van der Waals surface area contributed by atoms with E-state index in [9.17, 15) is 0 Å². The lowest BCUT2D eigenvalue weighted by atomic mass is 10.4. The van der Waals surface area contributed by atoms with Crippen molar-refractivity contribution in [3.8, 4) is 0 Å². The molecule has 0 saturated heterocycles. The minimum Gasteiger partial charge on any atom is -0.249 e. The van der Waals surface area contributed by atoms with Gasteiger partial charge in [0.25, 0.3) is 12.4 Å². The Labute approximate surface area is 42.3 Å². The second-order valence-electron chi connectivity index (χ2n) is 1.35. The largest absolute Gasteiger partial charge is 0.263 e. The number of nitrogens with zero attached hydrogens (tertiary/aromatic N) is 2. The van der Waals surface area contributed by atoms with E-state index in [0.29, 0.717) is 0 Å². The van der Waals surface area contributed by atoms with Crippen LogP contribution < -0.4 is 4.99 Å². The third-order valence-corrected chi connectivity index (χ3v) is 0.692. The molecule has 0 aromatic heterocycles. The summed E-state index contributed by atoms with van der Waals surface area (Å²) in [6.45, 7) is 1.91. The van der Waals surface area contributed by atoms with Crippen LogP contribution in [0.3, 0.4) is 0 Å². The molecule has 1 heterocycles. The van der Waals surface area contributed by atoms with Crippen LogP contribution in [0.15, 0.2) is 17.4 Å². The summed E-state index contributed by atoms with van der Waals surface area (Å²) in [6, 6.07) is 0. The van der Waals surface area contributed by atoms with Crippen molar-refractivity contribution in [1.82, 2.24) is 4.99 Å². The van der Waals surface area contributed by atoms with Crippen molar-refractivity contribution in [2.24, 2.45) is 4.99 Å². The molecular weight excluding hydrogens is 88.1 g/mol. The van der Waals surface area contributed by atoms with Crippen LogP contribution in [-0.2, 0) is 0 Å². The Kier molecular flexibility index (Phi) is 1.02. The molecule has 0 aliphatic carbocycles. The van der Waals surface area contributed by atoms with Gasteiger partial charge in [-0.25, -0.2) is 4.99 Å². The van der Waals surface area contributed by atoms with Crippen molar-refractivity contribution in [2.75, 3.05) is 0 Å². The third kappa shape index (κ3) is 0.961. The molecule has 0 aromatic carbocycles. The quantitative estimate of drug-likeness (QED) is 0.414. The number of rotatable bonds is 0. The van der Waals surface area contributed by atoms with Gasteiger partial charge >= 0.3 is 0 Å². The van der Waals surface area contributed by atoms with Crippen molar-refractivity contribution in [1.29, 1.82) is 0 Å². The fourth-order valence-corrected chi connectivity index (χ4v) is 0.374. The van der Waals surface area contributed by atoms with Crippen LogP contribution in [-0.4, -0.2) is 11.9 Å². The zero-order valence-corrected chi connectivity index (χ0v) is 4.13. The molecule has 1 rings (SSSR count). The second kappa shape index (κ2) is 1.69. The normalized spacial score (nSPS) is 17.0. The average molecular weight is 94.1 g/mol. The lowest BCUT2D eigenvalue weighted by molar-refractivity contribution is 1.34. The van der Waals surface area contributed by atoms with Crippen molar-refractivity contribution in [2.45, 2.75) is 6.92 Å². The molecule has 1 radical (unpaired) electrons. The maximum atomic E-state index is 3.92. The molecule has 0 N–H and O–H groups in total. The van der Waals surface area contributed by atoms with Gasteiger partial charge in [0.1, 0.15) is 5.71 Å². The highest BCUT2D eigenvalue weighted by Gasteiger charge is 1.93. The number of hydrogen-bond acceptors (Lipinski definition) is 2. The van der Waals surface area contributed by atoms with E-state index in [2.05, 4.69) is 9.98 Å². The monoisotopic (exact) mass is 94.1 g/mol. The fraction of sp³-hybridized carbons (Fsp3) is 0.200. The molecule has 0 aromatic rings. The first-order chi connectivity index (χ1) is 3.39. The van der Waals surface area contributed by atoms with Gasteiger partial charge in [0.2, 0.25) is 0 Å². The van der Waals surface area contributed by atoms with Gasteiger partial charge in [0.05, 0.1) is 11.2 Å². The molecule has 35 valence electrons. The molecule has 7 heavy (non-hydrogen) atoms. The van der Waals surface area contributed by atoms with Gasteiger partial charge in [-0.15, -0.1) is 0 Å². The average Bonchev–Trinajstić information content (AvgIpc) is 1.69. The molecular formula is C5H6N2+. The first kappa shape index (κ1) is 4.24. The number of hydrogen-bond donors (Lipinski definition) is 0. The predicted molar refractivity (Wildman–Crippen MR) is 30.4 cm³/mol. The maximum absolute atomic E-state index is 3.92. The smallest absolute Gasteiger partial charge is 0.249 e. The van der Waals surface area contributed by atoms with Crippen LogP contribution in [0.1, 0.15) is 6.92 Å². The van der Waals surface area contributed by atoms with Gasteiger partial charge in [-0.05, 0) is 6.92 Å². The summed E-state index contributed by atoms with van der Waals surface area (Å²) in [5.74, 6) is 0. The van der Waals surface area contributed by atoms with E-state index in [1.807, 2.05) is 6.92 Å². The third-order valence-electron chi connectivity index (χ3n) is 0.692. The Morgan fingerprint density at radius 3 is 2.86 bits per heavy atom. The highest BCUT2D eigenvalue weighted by atomic mass is 14.8. The van der Waals surface area contributed by atoms with Crippen LogP contribution in [0.25, 0.3) is 0 Å². The van der Waals surface area contributed by atoms with E-state index in [1.165, 1.54) is 0 Å². The standard InChI is InChI=1S/C5H6N2/c1-5-4-6-2-3-7-5/h2-4H,1H3/q+1. The summed E-state index contributed by atoms with van der Waals surface area (Å²) in [4.78, 5) is 7.74. The van der Waals surface area contributed by atoms with E-state index in [1.54, 1.807) is 18.6 Å². The molecule has 2 heteroatoms. The summed E-state index contributed by atoms with van der Waals surface area (Å²) >= 11 is 0. The van der Waals surface area contributed by atoms with E-state index < -0.39 is 0 Å². The van der Waals surface area contributed by atoms with Gasteiger partial charge in [0, 0.05) is 0 Å². The van der Waals surface area contributed by atoms with Gasteiger partial charge in [0.15, 0.2) is 0 Å². The van der Waals surface area contributed by atoms with Crippen molar-refractivity contribution < 1.29 is 0 Å². The zero-order valence-electron chi connectivity index (χ0n) is 4.13. The minimum atomic E-state index is 0.961. The number of aliphatic imine (C=N–C) groups is 2. The highest BCUT2D eigenvalue weighted by Crippen LogP contribution is 1.78. The summed E-state index contributed by atoms with van der Waals surface area (Å²) in [5.41, 5.74) is 0.961. The van der Waals surface area contributed by atoms with Crippen LogP contribution in [0, 0.1) is 0 Å². The Morgan fingerprint density at radius 1 is 1.71 bits per heavy atom. The highest BCUT2D eigenvalue weighted by molar-refractivity contribution is 6.29. The Morgan fingerprint density at radius 2 is 2.57 bits per heavy atom. The molecule has 0 bridgehead atoms. The molecule has 1 aliphatic heterocycles. The van der Waals surface area contributed by atoms with Gasteiger partial charge in [-0.2, -0.15) is 0 Å². The van der Waals surface area contributed by atoms with E-state index >= 15 is 0 Å². The zero-order chi connectivity index (χ0) is 5.11. The second-order valence-corrected chi connectivity index (χ2v) is 1.35. The summed E-state index contributed by atoms with van der Waals surface area (Å²) in [7, 11) is 0. The Bertz CT molecular complexity index is 142. The topological polar surface area (TPSA) is 26.5 Å². The van der Waals surface area contributed by atoms with Gasteiger partial charge < -0.3 is 0 Å². The van der Waals surface area contributed by atoms with Crippen molar-refractivity contribution in [3.05, 3.63) is 12.4 Å². The van der Waals surface area contributed by atoms with Crippen LogP contribution >= 0.6 is 0 Å². The van der Waals surface area contributed by atoms with E-state index in [4.69, 9.17) is 0 Å². The lowest BCUT2D eigenvalue weighted by Crippen LogP contribution is -1.99. The summed E-state index contributed by atoms with van der Waals surface area (Å²) < 4.78 is 0. The maximum Gasteiger partial charge on any atom is 0.263 e. The molecule has 0 spiro atoms. The molecule has 0 amide bonds. The lowest BCUT2D eigenvalue weighted by Gasteiger charge is -1.77. The minimum absolute atomic E-state index is 0.961. The summed E-state index contributed by atoms with van der Waals surface area (Å²) in [6.07, 6.45) is 5.06. The predicted octanol–water partition coefficient (Wildman–Crippen LogP) is 0.339. The fourth-order valence-electron chi connectivity index (χ4n) is 0.374. The molecule has 2 nitrogen and oxygen atoms in total.